The van der Waals surface area contributed by atoms with Crippen molar-refractivity contribution in [2.45, 2.75) is 367 Å². The molecule has 0 spiro atoms. The number of unbranched alkanes of at least 4 members (excludes halogenated alkanes) is 43. The van der Waals surface area contributed by atoms with Crippen LogP contribution in [0.1, 0.15) is 361 Å². The molecule has 1 unspecified atom stereocenters. The average Bonchev–Trinajstić information content (AvgIpc) is 3.42. The fraction of sp³-hybridized carbons (Fsp3) is 0.843. The maximum absolute atomic E-state index is 12.9. The lowest BCUT2D eigenvalue weighted by Crippen LogP contribution is -2.30. The van der Waals surface area contributed by atoms with Crippen molar-refractivity contribution in [3.63, 3.8) is 0 Å². The molecule has 0 saturated heterocycles. The standard InChI is InChI=1S/C70H128O6/c1-4-7-10-13-16-19-22-25-28-30-31-32-33-34-35-36-37-38-40-42-45-48-51-54-57-60-63-69(72)75-66-67(65-74-68(71)62-59-56-53-50-47-44-41-27-24-21-18-15-12-9-6-3)76-70(73)64-61-58-55-52-49-46-43-39-29-26-23-20-17-14-11-8-5-2/h9,12,18,21,27,41,47,50,67H,4-8,10-11,13-17,19-20,22-26,28-40,42-46,48-49,51-66H2,1-3H3/b12-9-,21-18-,41-27-,50-47-. The molecule has 0 aliphatic rings. The van der Waals surface area contributed by atoms with Crippen LogP contribution in [0, 0.1) is 0 Å². The van der Waals surface area contributed by atoms with E-state index in [0.717, 1.165) is 83.5 Å². The molecular weight excluding hydrogens is 937 g/mol. The number of hydrogen-bond acceptors (Lipinski definition) is 6. The minimum absolute atomic E-state index is 0.0811. The highest BCUT2D eigenvalue weighted by Gasteiger charge is 2.19. The van der Waals surface area contributed by atoms with Gasteiger partial charge in [0.15, 0.2) is 6.10 Å². The van der Waals surface area contributed by atoms with Crippen LogP contribution < -0.4 is 0 Å². The third-order valence-corrected chi connectivity index (χ3v) is 15.1. The van der Waals surface area contributed by atoms with Gasteiger partial charge >= 0.3 is 17.9 Å². The van der Waals surface area contributed by atoms with Crippen molar-refractivity contribution in [3.8, 4) is 0 Å². The minimum atomic E-state index is -0.788. The Morgan fingerprint density at radius 1 is 0.276 bits per heavy atom. The second kappa shape index (κ2) is 64.9. The molecule has 6 heteroatoms. The van der Waals surface area contributed by atoms with E-state index in [2.05, 4.69) is 69.4 Å². The summed E-state index contributed by atoms with van der Waals surface area (Å²) < 4.78 is 16.9. The Morgan fingerprint density at radius 3 is 0.803 bits per heavy atom. The number of carbonyl (C=O) groups excluding carboxylic acids is 3. The van der Waals surface area contributed by atoms with Crippen LogP contribution in [-0.2, 0) is 28.6 Å². The molecule has 0 fully saturated rings. The zero-order valence-corrected chi connectivity index (χ0v) is 51.0. The average molecular weight is 1070 g/mol. The van der Waals surface area contributed by atoms with Crippen molar-refractivity contribution >= 4 is 17.9 Å². The number of ether oxygens (including phenoxy) is 3. The Balaban J connectivity index is 4.26. The zero-order valence-electron chi connectivity index (χ0n) is 51.0. The number of esters is 3. The number of rotatable bonds is 62. The van der Waals surface area contributed by atoms with Gasteiger partial charge in [0.05, 0.1) is 0 Å². The van der Waals surface area contributed by atoms with Crippen LogP contribution in [0.5, 0.6) is 0 Å². The molecule has 76 heavy (non-hydrogen) atoms. The van der Waals surface area contributed by atoms with Gasteiger partial charge in [0, 0.05) is 19.3 Å². The van der Waals surface area contributed by atoms with Crippen LogP contribution in [0.25, 0.3) is 0 Å². The molecule has 0 aromatic heterocycles. The Labute approximate surface area is 473 Å². The lowest BCUT2D eigenvalue weighted by atomic mass is 10.0. The molecule has 6 nitrogen and oxygen atoms in total. The molecule has 0 bridgehead atoms. The first-order valence-electron chi connectivity index (χ1n) is 33.6. The first kappa shape index (κ1) is 73.4. The van der Waals surface area contributed by atoms with Crippen molar-refractivity contribution in [3.05, 3.63) is 48.6 Å². The van der Waals surface area contributed by atoms with Gasteiger partial charge in [0.2, 0.25) is 0 Å². The molecule has 0 amide bonds. The van der Waals surface area contributed by atoms with Crippen LogP contribution in [0.4, 0.5) is 0 Å². The van der Waals surface area contributed by atoms with Gasteiger partial charge in [0.25, 0.3) is 0 Å². The van der Waals surface area contributed by atoms with E-state index in [1.54, 1.807) is 0 Å². The lowest BCUT2D eigenvalue weighted by molar-refractivity contribution is -0.167. The summed E-state index contributed by atoms with van der Waals surface area (Å²) in [7, 11) is 0. The van der Waals surface area contributed by atoms with Crippen molar-refractivity contribution in [1.29, 1.82) is 0 Å². The minimum Gasteiger partial charge on any atom is -0.462 e. The van der Waals surface area contributed by atoms with Crippen molar-refractivity contribution in [2.24, 2.45) is 0 Å². The maximum atomic E-state index is 12.9. The summed E-state index contributed by atoms with van der Waals surface area (Å²) in [6.07, 6.45) is 81.4. The normalized spacial score (nSPS) is 12.3. The highest BCUT2D eigenvalue weighted by atomic mass is 16.6. The van der Waals surface area contributed by atoms with E-state index in [4.69, 9.17) is 14.2 Å². The summed E-state index contributed by atoms with van der Waals surface area (Å²) in [5.41, 5.74) is 0. The fourth-order valence-corrected chi connectivity index (χ4v) is 10.1. The van der Waals surface area contributed by atoms with Crippen LogP contribution in [0.3, 0.4) is 0 Å². The van der Waals surface area contributed by atoms with Crippen LogP contribution >= 0.6 is 0 Å². The summed E-state index contributed by atoms with van der Waals surface area (Å²) in [5.74, 6) is -0.900. The molecule has 1 atom stereocenters. The number of hydrogen-bond donors (Lipinski definition) is 0. The van der Waals surface area contributed by atoms with Gasteiger partial charge in [-0.3, -0.25) is 14.4 Å². The predicted octanol–water partition coefficient (Wildman–Crippen LogP) is 22.9. The first-order chi connectivity index (χ1) is 37.5. The fourth-order valence-electron chi connectivity index (χ4n) is 10.1. The van der Waals surface area contributed by atoms with Gasteiger partial charge in [0.1, 0.15) is 13.2 Å². The Kier molecular flexibility index (Phi) is 62.6. The van der Waals surface area contributed by atoms with E-state index in [-0.39, 0.29) is 31.1 Å². The van der Waals surface area contributed by atoms with Gasteiger partial charge in [-0.1, -0.05) is 333 Å². The van der Waals surface area contributed by atoms with Gasteiger partial charge < -0.3 is 14.2 Å². The molecule has 0 radical (unpaired) electrons. The monoisotopic (exact) mass is 1060 g/mol. The second-order valence-corrected chi connectivity index (χ2v) is 22.7. The van der Waals surface area contributed by atoms with Gasteiger partial charge in [-0.2, -0.15) is 0 Å². The summed E-state index contributed by atoms with van der Waals surface area (Å²) in [6, 6.07) is 0. The van der Waals surface area contributed by atoms with E-state index in [1.807, 2.05) is 0 Å². The highest BCUT2D eigenvalue weighted by molar-refractivity contribution is 5.71. The van der Waals surface area contributed by atoms with E-state index in [0.29, 0.717) is 19.3 Å². The largest absolute Gasteiger partial charge is 0.462 e. The topological polar surface area (TPSA) is 78.9 Å². The summed E-state index contributed by atoms with van der Waals surface area (Å²) in [6.45, 7) is 6.56. The molecule has 0 aliphatic carbocycles. The smallest absolute Gasteiger partial charge is 0.306 e. The predicted molar refractivity (Wildman–Crippen MR) is 330 cm³/mol. The van der Waals surface area contributed by atoms with E-state index >= 15 is 0 Å². The van der Waals surface area contributed by atoms with E-state index < -0.39 is 6.10 Å². The Bertz CT molecular complexity index is 1310. The van der Waals surface area contributed by atoms with Crippen molar-refractivity contribution in [1.82, 2.24) is 0 Å². The lowest BCUT2D eigenvalue weighted by Gasteiger charge is -2.18. The molecule has 0 aromatic carbocycles. The summed E-state index contributed by atoms with van der Waals surface area (Å²) in [4.78, 5) is 38.3. The molecule has 444 valence electrons. The van der Waals surface area contributed by atoms with Crippen LogP contribution in [0.2, 0.25) is 0 Å². The number of allylic oxidation sites excluding steroid dienone is 8. The first-order valence-corrected chi connectivity index (χ1v) is 33.6. The second-order valence-electron chi connectivity index (χ2n) is 22.7. The molecule has 0 rings (SSSR count). The summed E-state index contributed by atoms with van der Waals surface area (Å²) in [5, 5.41) is 0. The van der Waals surface area contributed by atoms with Crippen molar-refractivity contribution in [2.75, 3.05) is 13.2 Å². The zero-order chi connectivity index (χ0) is 55.0. The molecule has 0 aliphatic heterocycles. The molecule has 0 N–H and O–H groups in total. The van der Waals surface area contributed by atoms with Gasteiger partial charge in [-0.05, 0) is 57.8 Å². The quantitative estimate of drug-likeness (QED) is 0.0261. The van der Waals surface area contributed by atoms with Gasteiger partial charge in [-0.25, -0.2) is 0 Å². The molecule has 0 heterocycles. The number of carbonyl (C=O) groups is 3. The highest BCUT2D eigenvalue weighted by Crippen LogP contribution is 2.18. The van der Waals surface area contributed by atoms with Crippen LogP contribution in [-0.4, -0.2) is 37.2 Å². The van der Waals surface area contributed by atoms with Crippen molar-refractivity contribution < 1.29 is 28.6 Å². The molecule has 0 aromatic rings. The molecule has 0 saturated carbocycles. The maximum Gasteiger partial charge on any atom is 0.306 e. The molecular formula is C70H128O6. The van der Waals surface area contributed by atoms with Gasteiger partial charge in [-0.15, -0.1) is 0 Å². The van der Waals surface area contributed by atoms with Crippen LogP contribution in [0.15, 0.2) is 48.6 Å². The Morgan fingerprint density at radius 2 is 0.513 bits per heavy atom. The Hall–Kier alpha value is -2.63. The van der Waals surface area contributed by atoms with E-state index in [1.165, 1.54) is 238 Å². The third-order valence-electron chi connectivity index (χ3n) is 15.1. The SMILES string of the molecule is CC/C=C\C/C=C\C/C=C\C/C=C\CCCCC(=O)OCC(COC(=O)CCCCCCCCCCCCCCCCCCCCCCCCCCCC)OC(=O)CCCCCCCCCCCCCCCCCCC. The van der Waals surface area contributed by atoms with E-state index in [9.17, 15) is 14.4 Å². The summed E-state index contributed by atoms with van der Waals surface area (Å²) >= 11 is 0. The third kappa shape index (κ3) is 62.2.